The normalized spacial score (nSPS) is 26.2. The minimum absolute atomic E-state index is 0.365. The van der Waals surface area contributed by atoms with E-state index in [-0.39, 0.29) is 0 Å². The zero-order valence-electron chi connectivity index (χ0n) is 7.94. The van der Waals surface area contributed by atoms with E-state index >= 15 is 0 Å². The summed E-state index contributed by atoms with van der Waals surface area (Å²) in [5.41, 5.74) is 0. The van der Waals surface area contributed by atoms with Gasteiger partial charge in [-0.1, -0.05) is 0 Å². The second kappa shape index (κ2) is 4.58. The molecule has 2 unspecified atom stereocenters. The third-order valence-corrected chi connectivity index (χ3v) is 2.73. The van der Waals surface area contributed by atoms with Crippen LogP contribution in [0.3, 0.4) is 0 Å². The second-order valence-corrected chi connectivity index (χ2v) is 3.71. The zero-order valence-corrected chi connectivity index (χ0v) is 7.94. The smallest absolute Gasteiger partial charge is 0.332 e. The molecule has 0 spiro atoms. The number of likely N-dealkylation sites (tertiary alicyclic amines) is 1. The summed E-state index contributed by atoms with van der Waals surface area (Å²) >= 11 is 0. The fourth-order valence-corrected chi connectivity index (χ4v) is 1.82. The molecule has 1 saturated heterocycles. The summed E-state index contributed by atoms with van der Waals surface area (Å²) in [6.07, 6.45) is 2.27. The van der Waals surface area contributed by atoms with E-state index in [9.17, 15) is 4.79 Å². The largest absolute Gasteiger partial charge is 0.479 e. The Balaban J connectivity index is 2.22. The van der Waals surface area contributed by atoms with E-state index in [0.29, 0.717) is 12.5 Å². The topological polar surface area (TPSA) is 60.8 Å². The molecular formula is C9H17NO3. The molecule has 4 nitrogen and oxygen atoms in total. The van der Waals surface area contributed by atoms with E-state index in [1.165, 1.54) is 6.42 Å². The predicted octanol–water partition coefficient (Wildman–Crippen LogP) is 0.306. The van der Waals surface area contributed by atoms with E-state index in [2.05, 4.69) is 4.90 Å². The molecule has 1 aliphatic heterocycles. The summed E-state index contributed by atoms with van der Waals surface area (Å²) < 4.78 is 0. The van der Waals surface area contributed by atoms with Crippen LogP contribution in [-0.4, -0.2) is 46.8 Å². The molecule has 0 aliphatic carbocycles. The van der Waals surface area contributed by atoms with E-state index in [4.69, 9.17) is 10.2 Å². The number of aliphatic carboxylic acids is 1. The Hall–Kier alpha value is -0.610. The number of carbonyl (C=O) groups is 1. The van der Waals surface area contributed by atoms with Gasteiger partial charge in [-0.25, -0.2) is 4.79 Å². The molecule has 0 bridgehead atoms. The van der Waals surface area contributed by atoms with Gasteiger partial charge in [0.2, 0.25) is 0 Å². The Labute approximate surface area is 78.2 Å². The quantitative estimate of drug-likeness (QED) is 0.665. The monoisotopic (exact) mass is 187 g/mol. The van der Waals surface area contributed by atoms with Crippen LogP contribution in [-0.2, 0) is 4.79 Å². The van der Waals surface area contributed by atoms with Gasteiger partial charge in [0.1, 0.15) is 0 Å². The molecule has 4 heteroatoms. The number of aliphatic hydroxyl groups is 1. The Morgan fingerprint density at radius 2 is 2.38 bits per heavy atom. The van der Waals surface area contributed by atoms with Crippen molar-refractivity contribution in [2.75, 3.05) is 13.6 Å². The van der Waals surface area contributed by atoms with Crippen LogP contribution in [0.4, 0.5) is 0 Å². The summed E-state index contributed by atoms with van der Waals surface area (Å²) in [5, 5.41) is 17.5. The van der Waals surface area contributed by atoms with E-state index in [0.717, 1.165) is 19.4 Å². The van der Waals surface area contributed by atoms with Crippen LogP contribution in [0.2, 0.25) is 0 Å². The van der Waals surface area contributed by atoms with Crippen molar-refractivity contribution in [3.8, 4) is 0 Å². The molecule has 1 heterocycles. The number of hydrogen-bond donors (Lipinski definition) is 2. The molecule has 13 heavy (non-hydrogen) atoms. The number of rotatable bonds is 4. The van der Waals surface area contributed by atoms with Crippen LogP contribution < -0.4 is 0 Å². The Morgan fingerprint density at radius 3 is 2.85 bits per heavy atom. The van der Waals surface area contributed by atoms with Gasteiger partial charge in [-0.3, -0.25) is 0 Å². The average molecular weight is 187 g/mol. The maximum Gasteiger partial charge on any atom is 0.332 e. The molecule has 1 aliphatic rings. The molecule has 1 fully saturated rings. The lowest BCUT2D eigenvalue weighted by Gasteiger charge is -2.19. The maximum atomic E-state index is 10.3. The molecule has 0 amide bonds. The molecule has 0 aromatic rings. The van der Waals surface area contributed by atoms with Crippen LogP contribution in [0, 0.1) is 0 Å². The standard InChI is InChI=1S/C9H17NO3/c1-10-6-2-3-7(10)4-5-8(11)9(12)13/h7-8,11H,2-6H2,1H3,(H,12,13). The highest BCUT2D eigenvalue weighted by Gasteiger charge is 2.22. The third-order valence-electron chi connectivity index (χ3n) is 2.73. The van der Waals surface area contributed by atoms with Gasteiger partial charge in [-0.2, -0.15) is 0 Å². The Kier molecular flexibility index (Phi) is 3.69. The van der Waals surface area contributed by atoms with E-state index in [1.807, 2.05) is 7.05 Å². The lowest BCUT2D eigenvalue weighted by atomic mass is 10.1. The van der Waals surface area contributed by atoms with Crippen LogP contribution in [0.15, 0.2) is 0 Å². The van der Waals surface area contributed by atoms with Crippen molar-refractivity contribution in [1.82, 2.24) is 4.90 Å². The summed E-state index contributed by atoms with van der Waals surface area (Å²) in [7, 11) is 2.05. The van der Waals surface area contributed by atoms with Crippen LogP contribution >= 0.6 is 0 Å². The molecule has 0 saturated carbocycles. The number of nitrogens with zero attached hydrogens (tertiary/aromatic N) is 1. The molecule has 2 atom stereocenters. The van der Waals surface area contributed by atoms with Gasteiger partial charge in [-0.05, 0) is 39.3 Å². The Bertz CT molecular complexity index is 184. The fourth-order valence-electron chi connectivity index (χ4n) is 1.82. The summed E-state index contributed by atoms with van der Waals surface area (Å²) in [4.78, 5) is 12.6. The Morgan fingerprint density at radius 1 is 1.69 bits per heavy atom. The minimum Gasteiger partial charge on any atom is -0.479 e. The maximum absolute atomic E-state index is 10.3. The van der Waals surface area contributed by atoms with Gasteiger partial charge < -0.3 is 15.1 Å². The van der Waals surface area contributed by atoms with Gasteiger partial charge in [0, 0.05) is 6.04 Å². The van der Waals surface area contributed by atoms with E-state index < -0.39 is 12.1 Å². The van der Waals surface area contributed by atoms with Crippen molar-refractivity contribution in [3.05, 3.63) is 0 Å². The van der Waals surface area contributed by atoms with Gasteiger partial charge in [0.25, 0.3) is 0 Å². The third kappa shape index (κ3) is 2.97. The number of aliphatic hydroxyl groups excluding tert-OH is 1. The molecule has 0 aromatic carbocycles. The zero-order chi connectivity index (χ0) is 9.84. The van der Waals surface area contributed by atoms with Gasteiger partial charge >= 0.3 is 5.97 Å². The number of carboxylic acid groups (broad SMARTS) is 1. The SMILES string of the molecule is CN1CCCC1CCC(O)C(=O)O. The van der Waals surface area contributed by atoms with Crippen molar-refractivity contribution in [1.29, 1.82) is 0 Å². The molecule has 2 N–H and O–H groups in total. The number of hydrogen-bond acceptors (Lipinski definition) is 3. The van der Waals surface area contributed by atoms with Gasteiger partial charge in [0.05, 0.1) is 0 Å². The first-order chi connectivity index (χ1) is 6.11. The van der Waals surface area contributed by atoms with Crippen LogP contribution in [0.25, 0.3) is 0 Å². The molecule has 76 valence electrons. The van der Waals surface area contributed by atoms with Crippen molar-refractivity contribution in [2.24, 2.45) is 0 Å². The lowest BCUT2D eigenvalue weighted by Crippen LogP contribution is -2.28. The number of carboxylic acids is 1. The van der Waals surface area contributed by atoms with Gasteiger partial charge in [0.15, 0.2) is 6.10 Å². The summed E-state index contributed by atoms with van der Waals surface area (Å²) in [6.45, 7) is 1.09. The minimum atomic E-state index is -1.19. The fraction of sp³-hybridized carbons (Fsp3) is 0.889. The first kappa shape index (κ1) is 10.5. The van der Waals surface area contributed by atoms with E-state index in [1.54, 1.807) is 0 Å². The van der Waals surface area contributed by atoms with Crippen molar-refractivity contribution in [3.63, 3.8) is 0 Å². The molecule has 0 radical (unpaired) electrons. The molecular weight excluding hydrogens is 170 g/mol. The highest BCUT2D eigenvalue weighted by molar-refractivity contribution is 5.71. The van der Waals surface area contributed by atoms with Crippen molar-refractivity contribution in [2.45, 2.75) is 37.8 Å². The van der Waals surface area contributed by atoms with Crippen molar-refractivity contribution >= 4 is 5.97 Å². The average Bonchev–Trinajstić information content (AvgIpc) is 2.47. The second-order valence-electron chi connectivity index (χ2n) is 3.71. The molecule has 1 rings (SSSR count). The first-order valence-electron chi connectivity index (χ1n) is 4.72. The van der Waals surface area contributed by atoms with Crippen LogP contribution in [0.1, 0.15) is 25.7 Å². The first-order valence-corrected chi connectivity index (χ1v) is 4.72. The van der Waals surface area contributed by atoms with Gasteiger partial charge in [-0.15, -0.1) is 0 Å². The highest BCUT2D eigenvalue weighted by Crippen LogP contribution is 2.19. The predicted molar refractivity (Wildman–Crippen MR) is 48.5 cm³/mol. The highest BCUT2D eigenvalue weighted by atomic mass is 16.4. The summed E-state index contributed by atoms with van der Waals surface area (Å²) in [5.74, 6) is -1.11. The lowest BCUT2D eigenvalue weighted by molar-refractivity contribution is -0.147. The molecule has 0 aromatic heterocycles. The summed E-state index contributed by atoms with van der Waals surface area (Å²) in [6, 6.07) is 0.467. The van der Waals surface area contributed by atoms with Crippen LogP contribution in [0.5, 0.6) is 0 Å². The van der Waals surface area contributed by atoms with Crippen molar-refractivity contribution < 1.29 is 15.0 Å².